The first-order valence-electron chi connectivity index (χ1n) is 9.67. The van der Waals surface area contributed by atoms with Crippen LogP contribution >= 0.6 is 0 Å². The predicted molar refractivity (Wildman–Crippen MR) is 113 cm³/mol. The van der Waals surface area contributed by atoms with Gasteiger partial charge in [0.25, 0.3) is 5.91 Å². The second-order valence-corrected chi connectivity index (χ2v) is 7.57. The van der Waals surface area contributed by atoms with Crippen LogP contribution in [0, 0.1) is 12.8 Å². The molecular weight excluding hydrogens is 350 g/mol. The molecule has 0 aliphatic carbocycles. The van der Waals surface area contributed by atoms with Crippen LogP contribution in [0.5, 0.6) is 0 Å². The van der Waals surface area contributed by atoms with E-state index in [1.54, 1.807) is 17.0 Å². The summed E-state index contributed by atoms with van der Waals surface area (Å²) in [6, 6.07) is 11.4. The molecule has 0 aliphatic heterocycles. The summed E-state index contributed by atoms with van der Waals surface area (Å²) in [7, 11) is 1.97. The van der Waals surface area contributed by atoms with Gasteiger partial charge in [-0.15, -0.1) is 6.58 Å². The maximum atomic E-state index is 13.1. The summed E-state index contributed by atoms with van der Waals surface area (Å²) in [4.78, 5) is 29.5. The summed E-state index contributed by atoms with van der Waals surface area (Å²) in [5, 5.41) is 0. The third-order valence-corrected chi connectivity index (χ3v) is 4.68. The maximum absolute atomic E-state index is 13.1. The van der Waals surface area contributed by atoms with E-state index in [1.165, 1.54) is 0 Å². The Bertz CT molecular complexity index is 823. The molecule has 0 N–H and O–H groups in total. The molecular formula is C23H31N3O2. The van der Waals surface area contributed by atoms with Crippen molar-refractivity contribution < 1.29 is 9.59 Å². The van der Waals surface area contributed by atoms with Crippen LogP contribution in [0.1, 0.15) is 35.5 Å². The zero-order valence-electron chi connectivity index (χ0n) is 17.4. The van der Waals surface area contributed by atoms with Crippen LogP contribution in [0.4, 0.5) is 0 Å². The molecule has 2 aromatic rings. The summed E-state index contributed by atoms with van der Waals surface area (Å²) < 4.78 is 2.01. The SMILES string of the molecule is C=CCN(CC(=O)N(Cc1cccn1C)CC(C)C)C(=O)c1ccccc1C. The first-order valence-corrected chi connectivity index (χ1v) is 9.67. The molecule has 150 valence electrons. The van der Waals surface area contributed by atoms with E-state index in [0.717, 1.165) is 11.3 Å². The summed E-state index contributed by atoms with van der Waals surface area (Å²) in [5.74, 6) is 0.137. The molecule has 0 bridgehead atoms. The topological polar surface area (TPSA) is 45.6 Å². The van der Waals surface area contributed by atoms with Gasteiger partial charge in [0, 0.05) is 37.6 Å². The van der Waals surface area contributed by atoms with Gasteiger partial charge in [-0.1, -0.05) is 38.1 Å². The van der Waals surface area contributed by atoms with Crippen LogP contribution < -0.4 is 0 Å². The number of hydrogen-bond acceptors (Lipinski definition) is 2. The molecule has 28 heavy (non-hydrogen) atoms. The number of nitrogens with zero attached hydrogens (tertiary/aromatic N) is 3. The lowest BCUT2D eigenvalue weighted by Gasteiger charge is -2.29. The molecule has 0 radical (unpaired) electrons. The Hall–Kier alpha value is -2.82. The monoisotopic (exact) mass is 381 g/mol. The minimum absolute atomic E-state index is 0.0380. The normalized spacial score (nSPS) is 10.8. The van der Waals surface area contributed by atoms with E-state index in [1.807, 2.05) is 60.0 Å². The summed E-state index contributed by atoms with van der Waals surface area (Å²) in [6.07, 6.45) is 3.63. The van der Waals surface area contributed by atoms with Crippen molar-refractivity contribution in [2.45, 2.75) is 27.3 Å². The average molecular weight is 382 g/mol. The molecule has 5 heteroatoms. The molecule has 2 amide bonds. The lowest BCUT2D eigenvalue weighted by Crippen LogP contribution is -2.44. The van der Waals surface area contributed by atoms with Crippen molar-refractivity contribution in [1.82, 2.24) is 14.4 Å². The van der Waals surface area contributed by atoms with Gasteiger partial charge in [-0.25, -0.2) is 0 Å². The number of amides is 2. The molecule has 0 unspecified atom stereocenters. The molecule has 1 aromatic heterocycles. The van der Waals surface area contributed by atoms with Gasteiger partial charge >= 0.3 is 0 Å². The van der Waals surface area contributed by atoms with Crippen molar-refractivity contribution in [1.29, 1.82) is 0 Å². The molecule has 0 saturated carbocycles. The summed E-state index contributed by atoms with van der Waals surface area (Å²) >= 11 is 0. The van der Waals surface area contributed by atoms with Gasteiger partial charge in [0.05, 0.1) is 6.54 Å². The molecule has 2 rings (SSSR count). The lowest BCUT2D eigenvalue weighted by atomic mass is 10.1. The fourth-order valence-corrected chi connectivity index (χ4v) is 3.17. The second-order valence-electron chi connectivity index (χ2n) is 7.57. The zero-order chi connectivity index (χ0) is 20.7. The van der Waals surface area contributed by atoms with Crippen molar-refractivity contribution in [3.8, 4) is 0 Å². The van der Waals surface area contributed by atoms with Gasteiger partial charge in [0.1, 0.15) is 6.54 Å². The van der Waals surface area contributed by atoms with E-state index in [2.05, 4.69) is 20.4 Å². The van der Waals surface area contributed by atoms with E-state index >= 15 is 0 Å². The Kier molecular flexibility index (Phi) is 7.61. The van der Waals surface area contributed by atoms with Crippen LogP contribution in [0.3, 0.4) is 0 Å². The lowest BCUT2D eigenvalue weighted by molar-refractivity contribution is -0.133. The predicted octanol–water partition coefficient (Wildman–Crippen LogP) is 3.65. The number of hydrogen-bond donors (Lipinski definition) is 0. The minimum atomic E-state index is -0.144. The zero-order valence-corrected chi connectivity index (χ0v) is 17.4. The Morgan fingerprint density at radius 2 is 1.86 bits per heavy atom. The summed E-state index contributed by atoms with van der Waals surface area (Å²) in [5.41, 5.74) is 2.58. The van der Waals surface area contributed by atoms with Gasteiger partial charge in [-0.2, -0.15) is 0 Å². The first kappa shape index (κ1) is 21.5. The number of carbonyl (C=O) groups is 2. The Labute approximate surface area is 168 Å². The highest BCUT2D eigenvalue weighted by Crippen LogP contribution is 2.13. The van der Waals surface area contributed by atoms with Crippen LogP contribution in [0.25, 0.3) is 0 Å². The van der Waals surface area contributed by atoms with Gasteiger partial charge in [0.15, 0.2) is 0 Å². The van der Waals surface area contributed by atoms with Crippen molar-refractivity contribution >= 4 is 11.8 Å². The molecule has 0 atom stereocenters. The van der Waals surface area contributed by atoms with Crippen LogP contribution in [-0.2, 0) is 18.4 Å². The quantitative estimate of drug-likeness (QED) is 0.623. The maximum Gasteiger partial charge on any atom is 0.254 e. The van der Waals surface area contributed by atoms with Gasteiger partial charge in [-0.05, 0) is 36.6 Å². The van der Waals surface area contributed by atoms with Crippen molar-refractivity contribution in [3.05, 3.63) is 72.1 Å². The third kappa shape index (κ3) is 5.59. The highest BCUT2D eigenvalue weighted by atomic mass is 16.2. The third-order valence-electron chi connectivity index (χ3n) is 4.68. The molecule has 0 spiro atoms. The standard InChI is InChI=1S/C23H31N3O2/c1-6-13-25(23(28)21-12-8-7-10-19(21)4)17-22(27)26(15-18(2)3)16-20-11-9-14-24(20)5/h6-12,14,18H,1,13,15-17H2,2-5H3. The average Bonchev–Trinajstić information content (AvgIpc) is 3.05. The highest BCUT2D eigenvalue weighted by molar-refractivity contribution is 5.97. The van der Waals surface area contributed by atoms with Gasteiger partial charge < -0.3 is 14.4 Å². The number of aromatic nitrogens is 1. The smallest absolute Gasteiger partial charge is 0.254 e. The van der Waals surface area contributed by atoms with E-state index < -0.39 is 0 Å². The Balaban J connectivity index is 2.19. The molecule has 0 saturated heterocycles. The second kappa shape index (κ2) is 9.93. The van der Waals surface area contributed by atoms with Gasteiger partial charge in [-0.3, -0.25) is 9.59 Å². The molecule has 5 nitrogen and oxygen atoms in total. The van der Waals surface area contributed by atoms with Crippen LogP contribution in [0.2, 0.25) is 0 Å². The number of benzene rings is 1. The van der Waals surface area contributed by atoms with Crippen molar-refractivity contribution in [3.63, 3.8) is 0 Å². The fraction of sp³-hybridized carbons (Fsp3) is 0.391. The number of carbonyl (C=O) groups excluding carboxylic acids is 2. The minimum Gasteiger partial charge on any atom is -0.353 e. The largest absolute Gasteiger partial charge is 0.353 e. The van der Waals surface area contributed by atoms with Crippen LogP contribution in [0.15, 0.2) is 55.3 Å². The fourth-order valence-electron chi connectivity index (χ4n) is 3.17. The van der Waals surface area contributed by atoms with E-state index in [-0.39, 0.29) is 18.4 Å². The van der Waals surface area contributed by atoms with Crippen molar-refractivity contribution in [2.75, 3.05) is 19.6 Å². The molecule has 1 aromatic carbocycles. The van der Waals surface area contributed by atoms with Crippen LogP contribution in [-0.4, -0.2) is 45.8 Å². The van der Waals surface area contributed by atoms with E-state index in [0.29, 0.717) is 31.1 Å². The van der Waals surface area contributed by atoms with E-state index in [4.69, 9.17) is 0 Å². The molecule has 1 heterocycles. The number of aryl methyl sites for hydroxylation is 2. The highest BCUT2D eigenvalue weighted by Gasteiger charge is 2.23. The first-order chi connectivity index (χ1) is 13.3. The van der Waals surface area contributed by atoms with Crippen molar-refractivity contribution in [2.24, 2.45) is 13.0 Å². The molecule has 0 aliphatic rings. The van der Waals surface area contributed by atoms with Gasteiger partial charge in [0.2, 0.25) is 5.91 Å². The summed E-state index contributed by atoms with van der Waals surface area (Å²) in [6.45, 7) is 11.4. The molecule has 0 fully saturated rings. The Morgan fingerprint density at radius 3 is 2.43 bits per heavy atom. The van der Waals surface area contributed by atoms with E-state index in [9.17, 15) is 9.59 Å². The Morgan fingerprint density at radius 1 is 1.14 bits per heavy atom. The number of rotatable bonds is 9.